The summed E-state index contributed by atoms with van der Waals surface area (Å²) in [7, 11) is 2.76. The van der Waals surface area contributed by atoms with Crippen molar-refractivity contribution in [2.45, 2.75) is 26.8 Å². The van der Waals surface area contributed by atoms with E-state index < -0.39 is 33.9 Å². The zero-order valence-corrected chi connectivity index (χ0v) is 23.2. The van der Waals surface area contributed by atoms with E-state index in [-0.39, 0.29) is 28.0 Å². The van der Waals surface area contributed by atoms with Crippen LogP contribution in [0.4, 0.5) is 5.69 Å². The maximum atomic E-state index is 13.9. The van der Waals surface area contributed by atoms with Crippen molar-refractivity contribution in [2.75, 3.05) is 27.4 Å². The third-order valence-electron chi connectivity index (χ3n) is 6.12. The number of phenols is 1. The van der Waals surface area contributed by atoms with E-state index in [1.54, 1.807) is 39.0 Å². The number of nitro groups is 1. The maximum absolute atomic E-state index is 13.9. The van der Waals surface area contributed by atoms with Gasteiger partial charge < -0.3 is 24.1 Å². The molecule has 1 N–H and O–H groups in total. The van der Waals surface area contributed by atoms with Crippen molar-refractivity contribution in [2.24, 2.45) is 4.99 Å². The fraction of sp³-hybridized carbons (Fsp3) is 0.296. The number of hydrogen-bond acceptors (Lipinski definition) is 11. The zero-order valence-electron chi connectivity index (χ0n) is 22.4. The van der Waals surface area contributed by atoms with Crippen molar-refractivity contribution in [1.82, 2.24) is 4.57 Å². The van der Waals surface area contributed by atoms with Crippen molar-refractivity contribution in [3.63, 3.8) is 0 Å². The van der Waals surface area contributed by atoms with Gasteiger partial charge in [0, 0.05) is 11.6 Å². The van der Waals surface area contributed by atoms with Gasteiger partial charge in [0.1, 0.15) is 6.04 Å². The first-order valence-corrected chi connectivity index (χ1v) is 13.0. The number of ether oxygens (including phenoxy) is 4. The van der Waals surface area contributed by atoms with Crippen LogP contribution in [-0.2, 0) is 9.53 Å². The van der Waals surface area contributed by atoms with Gasteiger partial charge in [-0.05, 0) is 44.5 Å². The Kier molecular flexibility index (Phi) is 8.24. The summed E-state index contributed by atoms with van der Waals surface area (Å²) in [5.41, 5.74) is 0.201. The molecule has 13 heteroatoms. The minimum absolute atomic E-state index is 0.116. The van der Waals surface area contributed by atoms with Crippen LogP contribution in [0, 0.1) is 10.1 Å². The SMILES string of the molecule is CCOC(=O)C1=C(C)N=c2s/c(=C/c3cc(OC)c(O)c([N+](=O)[O-])c3)c(=O)n2[C@H]1c1cccc(OC)c1OCC. The molecule has 0 fully saturated rings. The first kappa shape index (κ1) is 28.4. The molecule has 3 aromatic rings. The van der Waals surface area contributed by atoms with Crippen molar-refractivity contribution in [3.8, 4) is 23.0 Å². The van der Waals surface area contributed by atoms with Crippen LogP contribution in [0.15, 0.2) is 51.4 Å². The normalized spacial score (nSPS) is 14.8. The number of methoxy groups -OCH3 is 2. The van der Waals surface area contributed by atoms with Gasteiger partial charge in [0.05, 0.1) is 48.2 Å². The van der Waals surface area contributed by atoms with Gasteiger partial charge in [0.25, 0.3) is 5.56 Å². The van der Waals surface area contributed by atoms with Crippen molar-refractivity contribution < 1.29 is 33.8 Å². The molecule has 12 nitrogen and oxygen atoms in total. The van der Waals surface area contributed by atoms with Crippen LogP contribution in [-0.4, -0.2) is 48.0 Å². The largest absolute Gasteiger partial charge is 0.500 e. The van der Waals surface area contributed by atoms with Gasteiger partial charge >= 0.3 is 11.7 Å². The molecule has 1 atom stereocenters. The molecule has 0 unspecified atom stereocenters. The number of allylic oxidation sites excluding steroid dienone is 1. The Bertz CT molecular complexity index is 1700. The number of esters is 1. The molecule has 40 heavy (non-hydrogen) atoms. The second kappa shape index (κ2) is 11.6. The molecule has 1 aromatic heterocycles. The lowest BCUT2D eigenvalue weighted by Gasteiger charge is -2.26. The first-order valence-electron chi connectivity index (χ1n) is 12.2. The molecule has 2 heterocycles. The van der Waals surface area contributed by atoms with E-state index in [1.165, 1.54) is 30.9 Å². The van der Waals surface area contributed by atoms with Crippen LogP contribution in [0.25, 0.3) is 6.08 Å². The van der Waals surface area contributed by atoms with E-state index >= 15 is 0 Å². The predicted octanol–water partition coefficient (Wildman–Crippen LogP) is 2.83. The van der Waals surface area contributed by atoms with Gasteiger partial charge in [-0.1, -0.05) is 23.5 Å². The van der Waals surface area contributed by atoms with Crippen LogP contribution in [0.1, 0.15) is 37.9 Å². The predicted molar refractivity (Wildman–Crippen MR) is 146 cm³/mol. The smallest absolute Gasteiger partial charge is 0.338 e. The number of aromatic hydroxyl groups is 1. The highest BCUT2D eigenvalue weighted by atomic mass is 32.1. The first-order chi connectivity index (χ1) is 19.2. The average Bonchev–Trinajstić information content (AvgIpc) is 3.22. The summed E-state index contributed by atoms with van der Waals surface area (Å²) < 4.78 is 23.4. The molecule has 4 rings (SSSR count). The highest BCUT2D eigenvalue weighted by Gasteiger charge is 2.36. The van der Waals surface area contributed by atoms with E-state index in [1.807, 2.05) is 0 Å². The lowest BCUT2D eigenvalue weighted by atomic mass is 9.94. The molecule has 0 bridgehead atoms. The molecule has 1 aliphatic heterocycles. The van der Waals surface area contributed by atoms with Crippen molar-refractivity contribution >= 4 is 29.1 Å². The number of benzene rings is 2. The fourth-order valence-electron chi connectivity index (χ4n) is 4.44. The Balaban J connectivity index is 2.03. The summed E-state index contributed by atoms with van der Waals surface area (Å²) in [4.78, 5) is 42.7. The van der Waals surface area contributed by atoms with Crippen molar-refractivity contribution in [3.05, 3.63) is 82.5 Å². The van der Waals surface area contributed by atoms with Gasteiger partial charge in [-0.2, -0.15) is 0 Å². The lowest BCUT2D eigenvalue weighted by Crippen LogP contribution is -2.40. The Hall–Kier alpha value is -4.65. The summed E-state index contributed by atoms with van der Waals surface area (Å²) in [6.45, 7) is 5.56. The summed E-state index contributed by atoms with van der Waals surface area (Å²) >= 11 is 1.04. The topological polar surface area (TPSA) is 152 Å². The molecule has 0 saturated heterocycles. The average molecular weight is 570 g/mol. The summed E-state index contributed by atoms with van der Waals surface area (Å²) in [6, 6.07) is 6.73. The van der Waals surface area contributed by atoms with E-state index in [0.717, 1.165) is 17.4 Å². The number of phenolic OH excluding ortho intramolecular Hbond substituents is 1. The Morgan fingerprint density at radius 3 is 2.55 bits per heavy atom. The van der Waals surface area contributed by atoms with E-state index in [9.17, 15) is 24.8 Å². The highest BCUT2D eigenvalue weighted by Crippen LogP contribution is 2.41. The van der Waals surface area contributed by atoms with Gasteiger partial charge in [-0.15, -0.1) is 0 Å². The molecule has 0 aliphatic carbocycles. The van der Waals surface area contributed by atoms with Crippen LogP contribution in [0.2, 0.25) is 0 Å². The van der Waals surface area contributed by atoms with E-state index in [4.69, 9.17) is 18.9 Å². The van der Waals surface area contributed by atoms with Crippen LogP contribution in [0.3, 0.4) is 0 Å². The number of carbonyl (C=O) groups is 1. The molecule has 2 aromatic carbocycles. The quantitative estimate of drug-likeness (QED) is 0.233. The number of para-hydroxylation sites is 1. The minimum Gasteiger partial charge on any atom is -0.500 e. The van der Waals surface area contributed by atoms with Gasteiger partial charge in [-0.25, -0.2) is 9.79 Å². The van der Waals surface area contributed by atoms with Gasteiger partial charge in [0.15, 0.2) is 22.0 Å². The van der Waals surface area contributed by atoms with Crippen LogP contribution in [0.5, 0.6) is 23.0 Å². The summed E-state index contributed by atoms with van der Waals surface area (Å²) in [5.74, 6) is -0.593. The number of nitrogens with zero attached hydrogens (tertiary/aromatic N) is 3. The molecular formula is C27H27N3O9S. The number of aromatic nitrogens is 1. The molecule has 0 saturated carbocycles. The number of fused-ring (bicyclic) bond motifs is 1. The highest BCUT2D eigenvalue weighted by molar-refractivity contribution is 7.07. The zero-order chi connectivity index (χ0) is 29.1. The number of rotatable bonds is 9. The molecule has 1 aliphatic rings. The standard InChI is InChI=1S/C27H27N3O9S/c1-6-38-24-16(9-8-10-18(24)36-4)22-21(26(33)39-7-2)14(3)28-27-29(22)25(32)20(40-27)13-15-11-17(30(34)35)23(31)19(12-15)37-5/h8-13,22,31H,6-7H2,1-5H3/b20-13+/t22-/m0/s1. The third-order valence-corrected chi connectivity index (χ3v) is 7.10. The minimum atomic E-state index is -0.960. The second-order valence-electron chi connectivity index (χ2n) is 8.46. The summed E-state index contributed by atoms with van der Waals surface area (Å²) in [6.07, 6.45) is 1.44. The number of nitro benzene ring substituents is 1. The van der Waals surface area contributed by atoms with Gasteiger partial charge in [0.2, 0.25) is 5.75 Å². The van der Waals surface area contributed by atoms with Gasteiger partial charge in [-0.3, -0.25) is 19.5 Å². The monoisotopic (exact) mass is 569 g/mol. The van der Waals surface area contributed by atoms with Crippen LogP contribution < -0.4 is 29.1 Å². The molecular weight excluding hydrogens is 542 g/mol. The van der Waals surface area contributed by atoms with Crippen LogP contribution >= 0.6 is 11.3 Å². The lowest BCUT2D eigenvalue weighted by molar-refractivity contribution is -0.386. The molecule has 210 valence electrons. The molecule has 0 spiro atoms. The molecule has 0 radical (unpaired) electrons. The Morgan fingerprint density at radius 1 is 1.20 bits per heavy atom. The van der Waals surface area contributed by atoms with E-state index in [2.05, 4.69) is 4.99 Å². The van der Waals surface area contributed by atoms with Crippen molar-refractivity contribution in [1.29, 1.82) is 0 Å². The van der Waals surface area contributed by atoms with E-state index in [0.29, 0.717) is 34.2 Å². The number of hydrogen-bond donors (Lipinski definition) is 1. The Labute approximate surface area is 232 Å². The summed E-state index contributed by atoms with van der Waals surface area (Å²) in [5, 5.41) is 21.6. The Morgan fingerprint density at radius 2 is 1.93 bits per heavy atom. The fourth-order valence-corrected chi connectivity index (χ4v) is 5.48. The maximum Gasteiger partial charge on any atom is 0.338 e. The third kappa shape index (κ3) is 5.02. The molecule has 0 amide bonds. The number of carbonyl (C=O) groups excluding carboxylic acids is 1. The second-order valence-corrected chi connectivity index (χ2v) is 9.47. The number of thiazole rings is 1.